The van der Waals surface area contributed by atoms with Crippen LogP contribution in [0.5, 0.6) is 5.75 Å². The third-order valence-corrected chi connectivity index (χ3v) is 11.5. The molecule has 5 atom stereocenters. The van der Waals surface area contributed by atoms with Gasteiger partial charge in [0.15, 0.2) is 23.4 Å². The lowest BCUT2D eigenvalue weighted by molar-refractivity contribution is -0.135. The zero-order valence-electron chi connectivity index (χ0n) is 29.2. The van der Waals surface area contributed by atoms with Crippen LogP contribution in [0.25, 0.3) is 44.9 Å². The second-order valence-corrected chi connectivity index (χ2v) is 15.9. The monoisotopic (exact) mass is 774 g/mol. The van der Waals surface area contributed by atoms with Gasteiger partial charge in [0.25, 0.3) is 0 Å². The predicted octanol–water partition coefficient (Wildman–Crippen LogP) is 6.57. The van der Waals surface area contributed by atoms with Crippen LogP contribution in [0.4, 0.5) is 5.69 Å². The number of benzene rings is 3. The minimum atomic E-state index is -1.28. The van der Waals surface area contributed by atoms with Crippen LogP contribution in [-0.2, 0) is 21.4 Å². The van der Waals surface area contributed by atoms with E-state index in [9.17, 15) is 14.7 Å². The number of hydrogen-bond donors (Lipinski definition) is 5. The molecule has 0 aliphatic carbocycles. The van der Waals surface area contributed by atoms with Crippen molar-refractivity contribution in [3.63, 3.8) is 0 Å². The van der Waals surface area contributed by atoms with Crippen molar-refractivity contribution in [2.75, 3.05) is 5.32 Å². The van der Waals surface area contributed by atoms with E-state index in [0.29, 0.717) is 23.0 Å². The minimum Gasteiger partial charge on any atom is -0.469 e. The Balaban J connectivity index is 1.29. The molecule has 7 heterocycles. The van der Waals surface area contributed by atoms with Crippen molar-refractivity contribution in [1.82, 2.24) is 25.6 Å². The highest BCUT2D eigenvalue weighted by Gasteiger charge is 2.62. The van der Waals surface area contributed by atoms with Crippen LogP contribution >= 0.6 is 15.9 Å². The first kappa shape index (κ1) is 32.3. The molecule has 3 aromatic carbocycles. The number of anilines is 1. The van der Waals surface area contributed by atoms with Gasteiger partial charge in [0.2, 0.25) is 23.6 Å². The van der Waals surface area contributed by atoms with Gasteiger partial charge in [-0.05, 0) is 47.2 Å². The van der Waals surface area contributed by atoms with Crippen LogP contribution in [0.3, 0.4) is 0 Å². The smallest absolute Gasteiger partial charge is 0.249 e. The van der Waals surface area contributed by atoms with Crippen LogP contribution in [0.15, 0.2) is 74.2 Å². The molecule has 0 saturated heterocycles. The van der Waals surface area contributed by atoms with Gasteiger partial charge in [0.1, 0.15) is 29.4 Å². The summed E-state index contributed by atoms with van der Waals surface area (Å²) in [6, 6.07) is 14.5. The average Bonchev–Trinajstić information content (AvgIpc) is 3.95. The number of carbonyl (C=O) groups excluding carboxylic acids is 2. The summed E-state index contributed by atoms with van der Waals surface area (Å²) in [5.41, 5.74) is 6.40. The fourth-order valence-corrected chi connectivity index (χ4v) is 8.90. The molecule has 268 valence electrons. The normalized spacial score (nSPS) is 22.4. The fourth-order valence-electron chi connectivity index (χ4n) is 8.44. The van der Waals surface area contributed by atoms with E-state index in [1.807, 2.05) is 50.4 Å². The SMILES string of the molecule is CC(C)[C@H](O)C(=O)N[C@H]1Cc2ccc3c(c2)[C@]24c5cc(Br)cc(c5NC2O3)-c2cccc3[nH]cc(c23)-c2cnc(o2)-c2nc(oc24)[C@H](C(C)C)NC1=O. The highest BCUT2D eigenvalue weighted by atomic mass is 79.9. The van der Waals surface area contributed by atoms with E-state index in [0.717, 1.165) is 54.4 Å². The molecule has 0 radical (unpaired) electrons. The summed E-state index contributed by atoms with van der Waals surface area (Å²) in [7, 11) is 0. The number of rotatable bonds is 4. The maximum absolute atomic E-state index is 14.2. The van der Waals surface area contributed by atoms with Crippen LogP contribution in [0.2, 0.25) is 0 Å². The number of aromatic nitrogens is 3. The number of nitrogens with zero attached hydrogens (tertiary/aromatic N) is 2. The third kappa shape index (κ3) is 4.50. The average molecular weight is 776 g/mol. The van der Waals surface area contributed by atoms with Crippen molar-refractivity contribution >= 4 is 44.3 Å². The summed E-state index contributed by atoms with van der Waals surface area (Å²) in [5, 5.41) is 21.3. The Hall–Kier alpha value is -5.40. The van der Waals surface area contributed by atoms with Crippen molar-refractivity contribution in [3.05, 3.63) is 93.7 Å². The molecule has 0 saturated carbocycles. The van der Waals surface area contributed by atoms with Gasteiger partial charge >= 0.3 is 0 Å². The van der Waals surface area contributed by atoms with E-state index < -0.39 is 41.6 Å². The van der Waals surface area contributed by atoms with Crippen molar-refractivity contribution in [3.8, 4) is 39.8 Å². The molecule has 13 heteroatoms. The number of carbonyl (C=O) groups is 2. The Bertz CT molecular complexity index is 2530. The number of ether oxygens (including phenoxy) is 1. The van der Waals surface area contributed by atoms with Gasteiger partial charge in [-0.3, -0.25) is 9.59 Å². The summed E-state index contributed by atoms with van der Waals surface area (Å²) < 4.78 is 21.3. The number of amides is 2. The van der Waals surface area contributed by atoms with Crippen LogP contribution in [-0.4, -0.2) is 50.2 Å². The summed E-state index contributed by atoms with van der Waals surface area (Å²) in [4.78, 5) is 40.7. The quantitative estimate of drug-likeness (QED) is 0.133. The maximum Gasteiger partial charge on any atom is 0.249 e. The molecule has 12 nitrogen and oxygen atoms in total. The molecule has 10 bridgehead atoms. The van der Waals surface area contributed by atoms with Gasteiger partial charge in [-0.25, -0.2) is 9.97 Å². The van der Waals surface area contributed by atoms with Crippen molar-refractivity contribution in [2.24, 2.45) is 11.8 Å². The molecule has 4 aliphatic heterocycles. The second-order valence-electron chi connectivity index (χ2n) is 15.0. The number of nitrogens with one attached hydrogen (secondary N) is 4. The molecule has 1 unspecified atom stereocenters. The summed E-state index contributed by atoms with van der Waals surface area (Å²) >= 11 is 3.87. The first-order valence-electron chi connectivity index (χ1n) is 17.8. The van der Waals surface area contributed by atoms with Gasteiger partial charge in [-0.2, -0.15) is 0 Å². The Morgan fingerprint density at radius 3 is 2.70 bits per heavy atom. The first-order valence-corrected chi connectivity index (χ1v) is 18.6. The van der Waals surface area contributed by atoms with Crippen molar-refractivity contribution in [2.45, 2.75) is 63.9 Å². The largest absolute Gasteiger partial charge is 0.469 e. The van der Waals surface area contributed by atoms with E-state index in [4.69, 9.17) is 23.5 Å². The van der Waals surface area contributed by atoms with E-state index >= 15 is 0 Å². The van der Waals surface area contributed by atoms with E-state index in [1.54, 1.807) is 20.0 Å². The zero-order valence-corrected chi connectivity index (χ0v) is 30.8. The van der Waals surface area contributed by atoms with Gasteiger partial charge < -0.3 is 39.6 Å². The lowest BCUT2D eigenvalue weighted by Crippen LogP contribution is -2.52. The molecule has 53 heavy (non-hydrogen) atoms. The van der Waals surface area contributed by atoms with Crippen molar-refractivity contribution in [1.29, 1.82) is 0 Å². The molecular weight excluding hydrogens is 740 g/mol. The Morgan fingerprint density at radius 1 is 1.04 bits per heavy atom. The highest BCUT2D eigenvalue weighted by Crippen LogP contribution is 2.62. The van der Waals surface area contributed by atoms with E-state index in [2.05, 4.69) is 55.1 Å². The topological polar surface area (TPSA) is 168 Å². The lowest BCUT2D eigenvalue weighted by atomic mass is 9.72. The molecule has 5 N–H and O–H groups in total. The van der Waals surface area contributed by atoms with Crippen LogP contribution in [0, 0.1) is 11.8 Å². The Kier molecular flexibility index (Phi) is 6.88. The number of H-pyrrole nitrogens is 1. The highest BCUT2D eigenvalue weighted by molar-refractivity contribution is 9.10. The molecule has 4 aliphatic rings. The molecule has 3 aromatic heterocycles. The Labute approximate surface area is 311 Å². The molecule has 6 aromatic rings. The molecule has 2 amide bonds. The third-order valence-electron chi connectivity index (χ3n) is 11.1. The second kappa shape index (κ2) is 11.3. The van der Waals surface area contributed by atoms with Crippen molar-refractivity contribution < 1.29 is 28.3 Å². The number of oxazole rings is 2. The van der Waals surface area contributed by atoms with Crippen LogP contribution in [0.1, 0.15) is 62.1 Å². The Morgan fingerprint density at radius 2 is 1.89 bits per heavy atom. The van der Waals surface area contributed by atoms with Crippen LogP contribution < -0.4 is 20.7 Å². The zero-order chi connectivity index (χ0) is 36.5. The summed E-state index contributed by atoms with van der Waals surface area (Å²) in [6.07, 6.45) is 1.84. The molecule has 1 spiro atoms. The fraction of sp³-hybridized carbons (Fsp3) is 0.300. The molecular formula is C40H35BrN6O6. The minimum absolute atomic E-state index is 0.159. The summed E-state index contributed by atoms with van der Waals surface area (Å²) in [6.45, 7) is 7.43. The number of halogens is 1. The van der Waals surface area contributed by atoms with Gasteiger partial charge in [-0.15, -0.1) is 0 Å². The number of fused-ring (bicyclic) bond motifs is 7. The summed E-state index contributed by atoms with van der Waals surface area (Å²) in [5.74, 6) is 0.609. The number of aromatic amines is 1. The number of aliphatic hydroxyl groups excluding tert-OH is 1. The predicted molar refractivity (Wildman–Crippen MR) is 199 cm³/mol. The molecule has 10 rings (SSSR count). The first-order chi connectivity index (χ1) is 25.5. The van der Waals surface area contributed by atoms with E-state index in [1.165, 1.54) is 0 Å². The number of hydrogen-bond acceptors (Lipinski definition) is 9. The lowest BCUT2D eigenvalue weighted by Gasteiger charge is -2.29. The van der Waals surface area contributed by atoms with Gasteiger partial charge in [0.05, 0.1) is 6.20 Å². The maximum atomic E-state index is 14.2. The van der Waals surface area contributed by atoms with Gasteiger partial charge in [-0.1, -0.05) is 67.9 Å². The molecule has 0 fully saturated rings. The standard InChI is InChI=1S/C40H35BrN6O6/c1-16(2)30-38-46-32-34(53-38)40-23-10-18(11-26(35(49)45-30)44-36(50)33(48)17(3)4)8-9-27(23)52-39(40)47-31-21(12-19(41)13-24(31)40)20-6-5-7-25-29(20)22(14-42-25)28-15-43-37(32)51-28/h5-10,12-17,26,30,33,39,42,47-48H,11H2,1-4H3,(H,44,50)(H,45,49)/t26-,30-,33-,39?,40+/m0/s1. The number of aliphatic hydroxyl groups is 1. The van der Waals surface area contributed by atoms with E-state index in [-0.39, 0.29) is 30.0 Å². The van der Waals surface area contributed by atoms with Gasteiger partial charge in [0, 0.05) is 55.9 Å².